The van der Waals surface area contributed by atoms with Crippen LogP contribution in [0.5, 0.6) is 5.75 Å². The first-order valence-corrected chi connectivity index (χ1v) is 7.81. The standard InChI is InChI=1S/C18H22O5/c1-5-6-13-9-16(19)23-18-12(4)15(8-7-14(13)18)21-10-17(20)22-11(2)3/h7-9,11H,5-6,10H2,1-4H3. The molecule has 0 saturated heterocycles. The van der Waals surface area contributed by atoms with Gasteiger partial charge in [0.15, 0.2) is 6.61 Å². The van der Waals surface area contributed by atoms with Crippen molar-refractivity contribution < 1.29 is 18.7 Å². The molecular weight excluding hydrogens is 296 g/mol. The summed E-state index contributed by atoms with van der Waals surface area (Å²) in [4.78, 5) is 23.3. The van der Waals surface area contributed by atoms with E-state index in [4.69, 9.17) is 13.9 Å². The van der Waals surface area contributed by atoms with Crippen LogP contribution in [0.15, 0.2) is 27.4 Å². The second kappa shape index (κ2) is 7.31. The van der Waals surface area contributed by atoms with Gasteiger partial charge >= 0.3 is 11.6 Å². The van der Waals surface area contributed by atoms with Crippen LogP contribution >= 0.6 is 0 Å². The Labute approximate surface area is 135 Å². The summed E-state index contributed by atoms with van der Waals surface area (Å²) in [6, 6.07) is 5.19. The molecule has 0 radical (unpaired) electrons. The molecule has 0 spiro atoms. The van der Waals surface area contributed by atoms with Gasteiger partial charge in [-0.2, -0.15) is 0 Å². The normalized spacial score (nSPS) is 11.0. The van der Waals surface area contributed by atoms with Crippen molar-refractivity contribution in [2.24, 2.45) is 0 Å². The van der Waals surface area contributed by atoms with E-state index in [-0.39, 0.29) is 18.3 Å². The summed E-state index contributed by atoms with van der Waals surface area (Å²) in [6.45, 7) is 7.25. The van der Waals surface area contributed by atoms with Crippen molar-refractivity contribution in [2.75, 3.05) is 6.61 Å². The van der Waals surface area contributed by atoms with E-state index in [1.165, 1.54) is 6.07 Å². The monoisotopic (exact) mass is 318 g/mol. The number of aryl methyl sites for hydroxylation is 2. The third-order valence-corrected chi connectivity index (χ3v) is 3.43. The van der Waals surface area contributed by atoms with Gasteiger partial charge in [0.2, 0.25) is 0 Å². The highest BCUT2D eigenvalue weighted by atomic mass is 16.6. The number of carbonyl (C=O) groups excluding carboxylic acids is 1. The summed E-state index contributed by atoms with van der Waals surface area (Å²) in [5.41, 5.74) is 1.80. The Morgan fingerprint density at radius 3 is 2.70 bits per heavy atom. The molecule has 0 bridgehead atoms. The Balaban J connectivity index is 2.31. The maximum atomic E-state index is 11.7. The Morgan fingerprint density at radius 2 is 2.04 bits per heavy atom. The lowest BCUT2D eigenvalue weighted by atomic mass is 10.0. The van der Waals surface area contributed by atoms with Crippen LogP contribution in [0.25, 0.3) is 11.0 Å². The molecule has 1 aromatic heterocycles. The van der Waals surface area contributed by atoms with E-state index < -0.39 is 5.97 Å². The third-order valence-electron chi connectivity index (χ3n) is 3.43. The summed E-state index contributed by atoms with van der Waals surface area (Å²) in [5, 5.41) is 0.904. The van der Waals surface area contributed by atoms with Crippen LogP contribution in [0.4, 0.5) is 0 Å². The van der Waals surface area contributed by atoms with Gasteiger partial charge in [-0.15, -0.1) is 0 Å². The van der Waals surface area contributed by atoms with Crippen molar-refractivity contribution in [3.8, 4) is 5.75 Å². The van der Waals surface area contributed by atoms with E-state index in [2.05, 4.69) is 6.92 Å². The van der Waals surface area contributed by atoms with Crippen molar-refractivity contribution in [3.63, 3.8) is 0 Å². The number of rotatable bonds is 6. The number of benzene rings is 1. The Kier molecular flexibility index (Phi) is 5.42. The number of hydrogen-bond donors (Lipinski definition) is 0. The molecule has 1 heterocycles. The van der Waals surface area contributed by atoms with Crippen LogP contribution in [-0.4, -0.2) is 18.7 Å². The molecule has 0 aliphatic carbocycles. The minimum Gasteiger partial charge on any atom is -0.481 e. The SMILES string of the molecule is CCCc1cc(=O)oc2c(C)c(OCC(=O)OC(C)C)ccc12. The Morgan fingerprint density at radius 1 is 1.30 bits per heavy atom. The molecule has 0 amide bonds. The maximum Gasteiger partial charge on any atom is 0.344 e. The van der Waals surface area contributed by atoms with Gasteiger partial charge in [0.1, 0.15) is 11.3 Å². The molecule has 0 fully saturated rings. The molecule has 0 aliphatic rings. The second-order valence-electron chi connectivity index (χ2n) is 5.73. The van der Waals surface area contributed by atoms with E-state index in [1.54, 1.807) is 19.9 Å². The summed E-state index contributed by atoms with van der Waals surface area (Å²) in [7, 11) is 0. The van der Waals surface area contributed by atoms with Crippen molar-refractivity contribution >= 4 is 16.9 Å². The highest BCUT2D eigenvalue weighted by molar-refractivity contribution is 5.85. The zero-order valence-corrected chi connectivity index (χ0v) is 14.0. The van der Waals surface area contributed by atoms with Gasteiger partial charge in [0, 0.05) is 17.0 Å². The fourth-order valence-electron chi connectivity index (χ4n) is 2.47. The molecule has 0 atom stereocenters. The van der Waals surface area contributed by atoms with Crippen molar-refractivity contribution in [3.05, 3.63) is 39.7 Å². The van der Waals surface area contributed by atoms with Crippen molar-refractivity contribution in [1.29, 1.82) is 0 Å². The molecule has 1 aromatic carbocycles. The van der Waals surface area contributed by atoms with Gasteiger partial charge in [-0.1, -0.05) is 13.3 Å². The zero-order valence-electron chi connectivity index (χ0n) is 14.0. The number of ether oxygens (including phenoxy) is 2. The highest BCUT2D eigenvalue weighted by Crippen LogP contribution is 2.28. The van der Waals surface area contributed by atoms with Gasteiger partial charge in [-0.05, 0) is 44.9 Å². The molecular formula is C18H22O5. The second-order valence-corrected chi connectivity index (χ2v) is 5.73. The number of hydrogen-bond acceptors (Lipinski definition) is 5. The quantitative estimate of drug-likeness (QED) is 0.603. The van der Waals surface area contributed by atoms with E-state index in [1.807, 2.05) is 13.0 Å². The predicted molar refractivity (Wildman–Crippen MR) is 87.9 cm³/mol. The summed E-state index contributed by atoms with van der Waals surface area (Å²) >= 11 is 0. The topological polar surface area (TPSA) is 65.7 Å². The average molecular weight is 318 g/mol. The predicted octanol–water partition coefficient (Wildman–Crippen LogP) is 3.38. The van der Waals surface area contributed by atoms with Crippen LogP contribution in [-0.2, 0) is 16.0 Å². The van der Waals surface area contributed by atoms with Crippen LogP contribution in [0.2, 0.25) is 0 Å². The van der Waals surface area contributed by atoms with E-state index in [0.717, 1.165) is 23.8 Å². The van der Waals surface area contributed by atoms with Crippen molar-refractivity contribution in [1.82, 2.24) is 0 Å². The maximum absolute atomic E-state index is 11.7. The molecule has 0 N–H and O–H groups in total. The minimum absolute atomic E-state index is 0.177. The average Bonchev–Trinajstić information content (AvgIpc) is 2.47. The molecule has 5 nitrogen and oxygen atoms in total. The van der Waals surface area contributed by atoms with Crippen molar-refractivity contribution in [2.45, 2.75) is 46.6 Å². The molecule has 2 rings (SSSR count). The third kappa shape index (κ3) is 4.12. The largest absolute Gasteiger partial charge is 0.481 e. The number of esters is 1. The van der Waals surface area contributed by atoms with Crippen LogP contribution < -0.4 is 10.4 Å². The van der Waals surface area contributed by atoms with Crippen LogP contribution in [0, 0.1) is 6.92 Å². The first-order valence-electron chi connectivity index (χ1n) is 7.81. The molecule has 2 aromatic rings. The highest BCUT2D eigenvalue weighted by Gasteiger charge is 2.13. The van der Waals surface area contributed by atoms with E-state index in [0.29, 0.717) is 16.9 Å². The van der Waals surface area contributed by atoms with Gasteiger partial charge in [0.05, 0.1) is 6.10 Å². The zero-order chi connectivity index (χ0) is 17.0. The molecule has 124 valence electrons. The Hall–Kier alpha value is -2.30. The number of carbonyl (C=O) groups is 1. The molecule has 5 heteroatoms. The fourth-order valence-corrected chi connectivity index (χ4v) is 2.47. The summed E-state index contributed by atoms with van der Waals surface area (Å²) < 4.78 is 15.9. The molecule has 0 unspecified atom stereocenters. The van der Waals surface area contributed by atoms with Gasteiger partial charge in [0.25, 0.3) is 0 Å². The molecule has 23 heavy (non-hydrogen) atoms. The van der Waals surface area contributed by atoms with E-state index >= 15 is 0 Å². The lowest BCUT2D eigenvalue weighted by Gasteiger charge is -2.13. The summed E-state index contributed by atoms with van der Waals surface area (Å²) in [5.74, 6) is 0.0793. The van der Waals surface area contributed by atoms with E-state index in [9.17, 15) is 9.59 Å². The first-order chi connectivity index (χ1) is 10.9. The van der Waals surface area contributed by atoms with Gasteiger partial charge < -0.3 is 13.9 Å². The summed E-state index contributed by atoms with van der Waals surface area (Å²) in [6.07, 6.45) is 1.57. The van der Waals surface area contributed by atoms with Crippen LogP contribution in [0.3, 0.4) is 0 Å². The Bertz CT molecular complexity index is 758. The lowest BCUT2D eigenvalue weighted by Crippen LogP contribution is -2.19. The lowest BCUT2D eigenvalue weighted by molar-refractivity contribution is -0.149. The van der Waals surface area contributed by atoms with Crippen LogP contribution in [0.1, 0.15) is 38.3 Å². The minimum atomic E-state index is -0.430. The fraction of sp³-hybridized carbons (Fsp3) is 0.444. The van der Waals surface area contributed by atoms with Gasteiger partial charge in [-0.25, -0.2) is 9.59 Å². The molecule has 0 aliphatic heterocycles. The first kappa shape index (κ1) is 17.1. The number of fused-ring (bicyclic) bond motifs is 1. The smallest absolute Gasteiger partial charge is 0.344 e. The molecule has 0 saturated carbocycles. The van der Waals surface area contributed by atoms with Gasteiger partial charge in [-0.3, -0.25) is 0 Å².